The van der Waals surface area contributed by atoms with Gasteiger partial charge in [-0.15, -0.1) is 0 Å². The highest BCUT2D eigenvalue weighted by Gasteiger charge is 2.09. The second kappa shape index (κ2) is 6.75. The van der Waals surface area contributed by atoms with Gasteiger partial charge in [0, 0.05) is 0 Å². The van der Waals surface area contributed by atoms with Crippen molar-refractivity contribution in [3.05, 3.63) is 0 Å². The molecule has 0 fully saturated rings. The van der Waals surface area contributed by atoms with Crippen LogP contribution in [0.25, 0.3) is 0 Å². The lowest BCUT2D eigenvalue weighted by Gasteiger charge is -2.12. The normalized spacial score (nSPS) is 12.7. The van der Waals surface area contributed by atoms with Crippen LogP contribution in [0.4, 0.5) is 4.79 Å². The summed E-state index contributed by atoms with van der Waals surface area (Å²) < 4.78 is 9.84. The molecule has 0 bridgehead atoms. The highest BCUT2D eigenvalue weighted by atomic mass is 16.7. The van der Waals surface area contributed by atoms with Crippen molar-refractivity contribution < 1.29 is 14.3 Å². The molecule has 0 amide bonds. The lowest BCUT2D eigenvalue weighted by atomic mass is 10.2. The van der Waals surface area contributed by atoms with Crippen molar-refractivity contribution in [1.82, 2.24) is 0 Å². The Morgan fingerprint density at radius 1 is 1.31 bits per heavy atom. The first-order chi connectivity index (χ1) is 6.06. The molecule has 1 unspecified atom stereocenters. The number of carbonyl (C=O) groups is 1. The summed E-state index contributed by atoms with van der Waals surface area (Å²) in [5.41, 5.74) is 0. The van der Waals surface area contributed by atoms with Gasteiger partial charge in [-0.2, -0.15) is 0 Å². The minimum absolute atomic E-state index is 0.0373. The fourth-order valence-electron chi connectivity index (χ4n) is 0.898. The Balaban J connectivity index is 3.50. The fraction of sp³-hybridized carbons (Fsp3) is 0.900. The van der Waals surface area contributed by atoms with Gasteiger partial charge in [0.05, 0.1) is 6.61 Å². The summed E-state index contributed by atoms with van der Waals surface area (Å²) in [5.74, 6) is 0.356. The maximum atomic E-state index is 11.0. The Morgan fingerprint density at radius 3 is 2.38 bits per heavy atom. The summed E-state index contributed by atoms with van der Waals surface area (Å²) in [4.78, 5) is 11.0. The summed E-state index contributed by atoms with van der Waals surface area (Å²) in [7, 11) is 0. The first-order valence-corrected chi connectivity index (χ1v) is 4.89. The topological polar surface area (TPSA) is 35.5 Å². The predicted molar refractivity (Wildman–Crippen MR) is 51.6 cm³/mol. The smallest absolute Gasteiger partial charge is 0.434 e. The molecule has 0 aliphatic heterocycles. The standard InChI is InChI=1S/C10H20O3/c1-5-6-9(4)13-10(11)12-7-8(2)3/h8-9H,5-7H2,1-4H3. The number of ether oxygens (including phenoxy) is 2. The Morgan fingerprint density at radius 2 is 1.92 bits per heavy atom. The highest BCUT2D eigenvalue weighted by Crippen LogP contribution is 2.03. The van der Waals surface area contributed by atoms with Crippen LogP contribution in [0.15, 0.2) is 0 Å². The van der Waals surface area contributed by atoms with Gasteiger partial charge in [0.2, 0.25) is 0 Å². The van der Waals surface area contributed by atoms with Gasteiger partial charge >= 0.3 is 6.16 Å². The van der Waals surface area contributed by atoms with Gasteiger partial charge in [-0.1, -0.05) is 27.2 Å². The molecular weight excluding hydrogens is 168 g/mol. The van der Waals surface area contributed by atoms with E-state index in [-0.39, 0.29) is 6.10 Å². The highest BCUT2D eigenvalue weighted by molar-refractivity contribution is 5.60. The van der Waals surface area contributed by atoms with E-state index in [9.17, 15) is 4.79 Å². The molecule has 0 aromatic heterocycles. The van der Waals surface area contributed by atoms with Gasteiger partial charge in [-0.25, -0.2) is 4.79 Å². The molecule has 0 N–H and O–H groups in total. The van der Waals surface area contributed by atoms with Crippen molar-refractivity contribution in [2.24, 2.45) is 5.92 Å². The van der Waals surface area contributed by atoms with E-state index in [0.717, 1.165) is 12.8 Å². The molecule has 1 atom stereocenters. The molecule has 0 aromatic carbocycles. The Bertz CT molecular complexity index is 143. The number of hydrogen-bond donors (Lipinski definition) is 0. The van der Waals surface area contributed by atoms with E-state index in [0.29, 0.717) is 12.5 Å². The minimum atomic E-state index is -0.547. The fourth-order valence-corrected chi connectivity index (χ4v) is 0.898. The lowest BCUT2D eigenvalue weighted by Crippen LogP contribution is -2.17. The Kier molecular flexibility index (Phi) is 6.37. The molecule has 13 heavy (non-hydrogen) atoms. The molecule has 0 aliphatic carbocycles. The molecular formula is C10H20O3. The van der Waals surface area contributed by atoms with Crippen LogP contribution < -0.4 is 0 Å². The summed E-state index contributed by atoms with van der Waals surface area (Å²) in [6.45, 7) is 8.34. The second-order valence-electron chi connectivity index (χ2n) is 3.67. The molecule has 0 aliphatic rings. The van der Waals surface area contributed by atoms with Gasteiger partial charge in [-0.05, 0) is 19.3 Å². The summed E-state index contributed by atoms with van der Waals surface area (Å²) in [6.07, 6.45) is 1.31. The minimum Gasteiger partial charge on any atom is -0.434 e. The molecule has 0 radical (unpaired) electrons. The largest absolute Gasteiger partial charge is 0.508 e. The summed E-state index contributed by atoms with van der Waals surface area (Å²) in [5, 5.41) is 0. The van der Waals surface area contributed by atoms with Crippen LogP contribution in [0.3, 0.4) is 0 Å². The Labute approximate surface area is 80.4 Å². The van der Waals surface area contributed by atoms with Gasteiger partial charge in [0.25, 0.3) is 0 Å². The maximum Gasteiger partial charge on any atom is 0.508 e. The third-order valence-electron chi connectivity index (χ3n) is 1.53. The van der Waals surface area contributed by atoms with E-state index in [1.54, 1.807) is 0 Å². The average molecular weight is 188 g/mol. The van der Waals surface area contributed by atoms with Crippen molar-refractivity contribution in [2.75, 3.05) is 6.61 Å². The molecule has 0 spiro atoms. The van der Waals surface area contributed by atoms with E-state index >= 15 is 0 Å². The van der Waals surface area contributed by atoms with Crippen molar-refractivity contribution in [3.63, 3.8) is 0 Å². The van der Waals surface area contributed by atoms with Crippen molar-refractivity contribution in [3.8, 4) is 0 Å². The summed E-state index contributed by atoms with van der Waals surface area (Å²) >= 11 is 0. The molecule has 0 saturated heterocycles. The van der Waals surface area contributed by atoms with Crippen LogP contribution in [-0.2, 0) is 9.47 Å². The van der Waals surface area contributed by atoms with Crippen molar-refractivity contribution >= 4 is 6.16 Å². The van der Waals surface area contributed by atoms with Gasteiger partial charge < -0.3 is 9.47 Å². The van der Waals surface area contributed by atoms with Crippen LogP contribution in [0, 0.1) is 5.92 Å². The van der Waals surface area contributed by atoms with Crippen molar-refractivity contribution in [1.29, 1.82) is 0 Å². The lowest BCUT2D eigenvalue weighted by molar-refractivity contribution is 0.0206. The van der Waals surface area contributed by atoms with Gasteiger partial charge in [0.15, 0.2) is 0 Å². The predicted octanol–water partition coefficient (Wildman–Crippen LogP) is 2.98. The number of hydrogen-bond acceptors (Lipinski definition) is 3. The van der Waals surface area contributed by atoms with E-state index < -0.39 is 6.16 Å². The third-order valence-corrected chi connectivity index (χ3v) is 1.53. The van der Waals surface area contributed by atoms with Gasteiger partial charge in [0.1, 0.15) is 6.10 Å². The quantitative estimate of drug-likeness (QED) is 0.622. The molecule has 0 heterocycles. The third kappa shape index (κ3) is 7.62. The summed E-state index contributed by atoms with van der Waals surface area (Å²) in [6, 6.07) is 0. The number of carbonyl (C=O) groups excluding carboxylic acids is 1. The first kappa shape index (κ1) is 12.3. The SMILES string of the molecule is CCCC(C)OC(=O)OCC(C)C. The second-order valence-corrected chi connectivity index (χ2v) is 3.67. The molecule has 78 valence electrons. The van der Waals surface area contributed by atoms with E-state index in [1.165, 1.54) is 0 Å². The molecule has 0 rings (SSSR count). The Hall–Kier alpha value is -0.730. The maximum absolute atomic E-state index is 11.0. The first-order valence-electron chi connectivity index (χ1n) is 4.89. The van der Waals surface area contributed by atoms with Crippen LogP contribution >= 0.6 is 0 Å². The zero-order valence-electron chi connectivity index (χ0n) is 9.00. The molecule has 0 saturated carbocycles. The zero-order valence-corrected chi connectivity index (χ0v) is 9.00. The molecule has 0 aromatic rings. The van der Waals surface area contributed by atoms with Gasteiger partial charge in [-0.3, -0.25) is 0 Å². The molecule has 3 nitrogen and oxygen atoms in total. The van der Waals surface area contributed by atoms with Crippen LogP contribution in [0.2, 0.25) is 0 Å². The zero-order chi connectivity index (χ0) is 10.3. The monoisotopic (exact) mass is 188 g/mol. The van der Waals surface area contributed by atoms with E-state index in [4.69, 9.17) is 9.47 Å². The van der Waals surface area contributed by atoms with E-state index in [1.807, 2.05) is 20.8 Å². The molecule has 3 heteroatoms. The average Bonchev–Trinajstić information content (AvgIpc) is 2.01. The van der Waals surface area contributed by atoms with Crippen LogP contribution in [-0.4, -0.2) is 18.9 Å². The number of rotatable bonds is 5. The van der Waals surface area contributed by atoms with Crippen LogP contribution in [0.5, 0.6) is 0 Å². The van der Waals surface area contributed by atoms with Crippen LogP contribution in [0.1, 0.15) is 40.5 Å². The van der Waals surface area contributed by atoms with Crippen molar-refractivity contribution in [2.45, 2.75) is 46.6 Å². The van der Waals surface area contributed by atoms with E-state index in [2.05, 4.69) is 6.92 Å².